The molecule has 10 heteroatoms. The summed E-state index contributed by atoms with van der Waals surface area (Å²) in [5.74, 6) is -0.996. The average Bonchev–Trinajstić information content (AvgIpc) is 3.37. The number of hydrogen-bond donors (Lipinski definition) is 1. The van der Waals surface area contributed by atoms with Crippen molar-refractivity contribution in [3.63, 3.8) is 0 Å². The Kier molecular flexibility index (Phi) is 8.25. The second kappa shape index (κ2) is 11.6. The molecule has 0 saturated carbocycles. The van der Waals surface area contributed by atoms with Crippen LogP contribution in [-0.4, -0.2) is 47.7 Å². The summed E-state index contributed by atoms with van der Waals surface area (Å²) in [6.07, 6.45) is 3.10. The summed E-state index contributed by atoms with van der Waals surface area (Å²) in [6.45, 7) is 3.65. The number of sulfonamides is 1. The molecule has 204 valence electrons. The van der Waals surface area contributed by atoms with Crippen molar-refractivity contribution in [2.75, 3.05) is 37.0 Å². The number of hydrogen-bond acceptors (Lipinski definition) is 7. The fraction of sp³-hybridized carbons (Fsp3) is 0.241. The van der Waals surface area contributed by atoms with Crippen LogP contribution in [-0.2, 0) is 30.8 Å². The van der Waals surface area contributed by atoms with E-state index in [1.54, 1.807) is 24.3 Å². The van der Waals surface area contributed by atoms with Crippen LogP contribution < -0.4 is 19.1 Å². The summed E-state index contributed by atoms with van der Waals surface area (Å²) in [4.78, 5) is 24.5. The molecule has 0 spiro atoms. The molecule has 0 aliphatic carbocycles. The van der Waals surface area contributed by atoms with Gasteiger partial charge < -0.3 is 19.5 Å². The highest BCUT2D eigenvalue weighted by molar-refractivity contribution is 7.93. The molecule has 3 aromatic carbocycles. The van der Waals surface area contributed by atoms with Gasteiger partial charge in [0.2, 0.25) is 0 Å². The number of rotatable bonds is 9. The third kappa shape index (κ3) is 6.06. The van der Waals surface area contributed by atoms with E-state index in [0.29, 0.717) is 29.9 Å². The van der Waals surface area contributed by atoms with E-state index in [1.807, 2.05) is 38.1 Å². The van der Waals surface area contributed by atoms with Gasteiger partial charge in [-0.05, 0) is 67.3 Å². The maximum atomic E-state index is 13.7. The van der Waals surface area contributed by atoms with E-state index < -0.39 is 28.5 Å². The molecule has 1 amide bonds. The Morgan fingerprint density at radius 1 is 1.03 bits per heavy atom. The lowest BCUT2D eigenvalue weighted by atomic mass is 10.1. The van der Waals surface area contributed by atoms with Crippen molar-refractivity contribution in [2.24, 2.45) is 0 Å². The molecule has 0 atom stereocenters. The third-order valence-corrected chi connectivity index (χ3v) is 8.11. The number of methoxy groups -OCH3 is 2. The summed E-state index contributed by atoms with van der Waals surface area (Å²) in [7, 11) is -1.26. The Morgan fingerprint density at radius 3 is 2.51 bits per heavy atom. The van der Waals surface area contributed by atoms with Crippen molar-refractivity contribution in [1.29, 1.82) is 0 Å². The van der Waals surface area contributed by atoms with E-state index in [0.717, 1.165) is 22.8 Å². The first-order valence-electron chi connectivity index (χ1n) is 12.2. The first-order valence-corrected chi connectivity index (χ1v) is 13.7. The summed E-state index contributed by atoms with van der Waals surface area (Å²) in [6, 6.07) is 15.9. The van der Waals surface area contributed by atoms with Crippen LogP contribution in [0.4, 0.5) is 11.4 Å². The zero-order chi connectivity index (χ0) is 28.2. The lowest BCUT2D eigenvalue weighted by Gasteiger charge is -2.22. The van der Waals surface area contributed by atoms with Crippen molar-refractivity contribution in [2.45, 2.75) is 25.2 Å². The number of ether oxygens (including phenoxy) is 3. The number of carbonyl (C=O) groups is 2. The summed E-state index contributed by atoms with van der Waals surface area (Å²) in [5, 5.41) is 2.71. The molecule has 0 saturated heterocycles. The molecule has 0 unspecified atom stereocenters. The topological polar surface area (TPSA) is 111 Å². The van der Waals surface area contributed by atoms with Crippen molar-refractivity contribution >= 4 is 39.4 Å². The van der Waals surface area contributed by atoms with Crippen LogP contribution in [0.3, 0.4) is 0 Å². The highest BCUT2D eigenvalue weighted by Gasteiger charge is 2.34. The summed E-state index contributed by atoms with van der Waals surface area (Å²) in [5.41, 5.74) is 4.52. The Balaban J connectivity index is 1.51. The van der Waals surface area contributed by atoms with Gasteiger partial charge in [-0.15, -0.1) is 0 Å². The summed E-state index contributed by atoms with van der Waals surface area (Å²) >= 11 is 0. The quantitative estimate of drug-likeness (QED) is 0.313. The number of carbonyl (C=O) groups excluding carboxylic acids is 2. The molecule has 4 rings (SSSR count). The van der Waals surface area contributed by atoms with Crippen molar-refractivity contribution in [1.82, 2.24) is 0 Å². The Morgan fingerprint density at radius 2 is 1.79 bits per heavy atom. The number of aryl methyl sites for hydroxylation is 2. The van der Waals surface area contributed by atoms with Gasteiger partial charge in [0.1, 0.15) is 4.90 Å². The minimum Gasteiger partial charge on any atom is -0.493 e. The SMILES string of the molecule is COc1cc(/C=C/C(=O)OCC(=O)Nc2ccc(C)cc2C)cc(S(=O)(=O)N2CCc3ccccc32)c1OC. The number of anilines is 2. The maximum Gasteiger partial charge on any atom is 0.331 e. The second-order valence-electron chi connectivity index (χ2n) is 9.02. The smallest absolute Gasteiger partial charge is 0.331 e. The van der Waals surface area contributed by atoms with E-state index in [4.69, 9.17) is 14.2 Å². The molecule has 1 aliphatic heterocycles. The molecule has 0 aromatic heterocycles. The Labute approximate surface area is 228 Å². The number of amides is 1. The zero-order valence-electron chi connectivity index (χ0n) is 22.2. The highest BCUT2D eigenvalue weighted by atomic mass is 32.2. The Bertz CT molecular complexity index is 1550. The zero-order valence-corrected chi connectivity index (χ0v) is 23.0. The molecule has 1 aliphatic rings. The van der Waals surface area contributed by atoms with Crippen molar-refractivity contribution in [3.8, 4) is 11.5 Å². The van der Waals surface area contributed by atoms with Crippen LogP contribution in [0.15, 0.2) is 65.6 Å². The predicted molar refractivity (Wildman–Crippen MR) is 149 cm³/mol. The number of nitrogens with one attached hydrogen (secondary N) is 1. The summed E-state index contributed by atoms with van der Waals surface area (Å²) < 4.78 is 44.7. The lowest BCUT2D eigenvalue weighted by Crippen LogP contribution is -2.29. The molecule has 1 heterocycles. The molecule has 1 N–H and O–H groups in total. The van der Waals surface area contributed by atoms with Gasteiger partial charge in [0.25, 0.3) is 15.9 Å². The molecule has 3 aromatic rings. The van der Waals surface area contributed by atoms with Crippen LogP contribution in [0.5, 0.6) is 11.5 Å². The number of fused-ring (bicyclic) bond motifs is 1. The van der Waals surface area contributed by atoms with Crippen LogP contribution >= 0.6 is 0 Å². The number of esters is 1. The van der Waals surface area contributed by atoms with Gasteiger partial charge in [-0.1, -0.05) is 35.9 Å². The van der Waals surface area contributed by atoms with Gasteiger partial charge in [-0.3, -0.25) is 9.10 Å². The van der Waals surface area contributed by atoms with Gasteiger partial charge in [-0.25, -0.2) is 13.2 Å². The molecule has 0 bridgehead atoms. The fourth-order valence-corrected chi connectivity index (χ4v) is 6.11. The maximum absolute atomic E-state index is 13.7. The van der Waals surface area contributed by atoms with Gasteiger partial charge in [0.15, 0.2) is 18.1 Å². The van der Waals surface area contributed by atoms with E-state index >= 15 is 0 Å². The van der Waals surface area contributed by atoms with E-state index in [2.05, 4.69) is 5.32 Å². The van der Waals surface area contributed by atoms with Gasteiger partial charge in [0, 0.05) is 18.3 Å². The van der Waals surface area contributed by atoms with Crippen LogP contribution in [0, 0.1) is 13.8 Å². The number of benzene rings is 3. The molecular formula is C29H30N2O7S. The molecule has 0 radical (unpaired) electrons. The van der Waals surface area contributed by atoms with Crippen molar-refractivity contribution < 1.29 is 32.2 Å². The standard InChI is InChI=1S/C29H30N2O7S/c1-19-9-11-23(20(2)15-19)30-27(32)18-38-28(33)12-10-21-16-25(36-3)29(37-4)26(17-21)39(34,35)31-14-13-22-7-5-6-8-24(22)31/h5-12,15-17H,13-14,18H2,1-4H3,(H,30,32)/b12-10+. The average molecular weight is 551 g/mol. The third-order valence-electron chi connectivity index (χ3n) is 6.29. The fourth-order valence-electron chi connectivity index (χ4n) is 4.40. The first-order chi connectivity index (χ1) is 18.6. The molecule has 39 heavy (non-hydrogen) atoms. The highest BCUT2D eigenvalue weighted by Crippen LogP contribution is 2.40. The van der Waals surface area contributed by atoms with E-state index in [1.165, 1.54) is 30.7 Å². The first kappa shape index (κ1) is 27.7. The molecule has 0 fully saturated rings. The van der Waals surface area contributed by atoms with Crippen LogP contribution in [0.1, 0.15) is 22.3 Å². The van der Waals surface area contributed by atoms with Gasteiger partial charge in [-0.2, -0.15) is 0 Å². The predicted octanol–water partition coefficient (Wildman–Crippen LogP) is 4.27. The normalized spacial score (nSPS) is 12.8. The minimum absolute atomic E-state index is 0.0599. The second-order valence-corrected chi connectivity index (χ2v) is 10.8. The van der Waals surface area contributed by atoms with Gasteiger partial charge >= 0.3 is 5.97 Å². The lowest BCUT2D eigenvalue weighted by molar-refractivity contribution is -0.142. The number of nitrogens with zero attached hydrogens (tertiary/aromatic N) is 1. The molecule has 9 nitrogen and oxygen atoms in total. The molecular weight excluding hydrogens is 520 g/mol. The van der Waals surface area contributed by atoms with Crippen LogP contribution in [0.2, 0.25) is 0 Å². The monoisotopic (exact) mass is 550 g/mol. The Hall–Kier alpha value is -4.31. The van der Waals surface area contributed by atoms with Crippen molar-refractivity contribution in [3.05, 3.63) is 82.9 Å². The van der Waals surface area contributed by atoms with E-state index in [-0.39, 0.29) is 16.4 Å². The number of para-hydroxylation sites is 1. The van der Waals surface area contributed by atoms with Gasteiger partial charge in [0.05, 0.1) is 19.9 Å². The minimum atomic E-state index is -4.02. The largest absolute Gasteiger partial charge is 0.493 e. The van der Waals surface area contributed by atoms with E-state index in [9.17, 15) is 18.0 Å². The van der Waals surface area contributed by atoms with Crippen LogP contribution in [0.25, 0.3) is 6.08 Å².